The van der Waals surface area contributed by atoms with E-state index in [0.29, 0.717) is 5.56 Å². The van der Waals surface area contributed by atoms with Crippen LogP contribution < -0.4 is 10.6 Å². The fourth-order valence-corrected chi connectivity index (χ4v) is 1.99. The quantitative estimate of drug-likeness (QED) is 0.585. The van der Waals surface area contributed by atoms with Crippen LogP contribution in [0.3, 0.4) is 0 Å². The number of carboxylic acids is 1. The summed E-state index contributed by atoms with van der Waals surface area (Å²) in [4.78, 5) is 35.4. The van der Waals surface area contributed by atoms with Gasteiger partial charge in [-0.2, -0.15) is 0 Å². The van der Waals surface area contributed by atoms with Crippen LogP contribution in [0.5, 0.6) is 0 Å². The van der Waals surface area contributed by atoms with Crippen LogP contribution in [0.15, 0.2) is 24.3 Å². The minimum Gasteiger partial charge on any atom is -0.479 e. The number of carbonyl (C=O) groups is 3. The highest BCUT2D eigenvalue weighted by Gasteiger charge is 2.32. The van der Waals surface area contributed by atoms with Crippen LogP contribution in [-0.4, -0.2) is 46.2 Å². The molecular formula is C17H24N2O5. The van der Waals surface area contributed by atoms with E-state index in [2.05, 4.69) is 10.6 Å². The van der Waals surface area contributed by atoms with Gasteiger partial charge in [0.2, 0.25) is 5.91 Å². The van der Waals surface area contributed by atoms with Crippen molar-refractivity contribution < 1.29 is 24.6 Å². The zero-order valence-corrected chi connectivity index (χ0v) is 14.3. The van der Waals surface area contributed by atoms with Crippen molar-refractivity contribution in [3.05, 3.63) is 35.4 Å². The number of amides is 2. The topological polar surface area (TPSA) is 116 Å². The molecule has 0 radical (unpaired) electrons. The molecule has 2 amide bonds. The first kappa shape index (κ1) is 19.6. The van der Waals surface area contributed by atoms with Gasteiger partial charge in [-0.05, 0) is 31.9 Å². The van der Waals surface area contributed by atoms with Crippen molar-refractivity contribution in [1.82, 2.24) is 10.6 Å². The Balaban J connectivity index is 2.78. The number of benzene rings is 1. The fraction of sp³-hybridized carbons (Fsp3) is 0.471. The van der Waals surface area contributed by atoms with Gasteiger partial charge in [-0.15, -0.1) is 0 Å². The van der Waals surface area contributed by atoms with Gasteiger partial charge in [-0.25, -0.2) is 4.79 Å². The van der Waals surface area contributed by atoms with Crippen molar-refractivity contribution in [1.29, 1.82) is 0 Å². The average Bonchev–Trinajstić information content (AvgIpc) is 2.49. The van der Waals surface area contributed by atoms with Gasteiger partial charge in [0.05, 0.1) is 6.54 Å². The number of hydrogen-bond acceptors (Lipinski definition) is 4. The Morgan fingerprint density at radius 3 is 2.38 bits per heavy atom. The maximum atomic E-state index is 12.3. The van der Waals surface area contributed by atoms with Gasteiger partial charge < -0.3 is 20.8 Å². The molecule has 0 aliphatic carbocycles. The van der Waals surface area contributed by atoms with Gasteiger partial charge in [0.25, 0.3) is 5.91 Å². The minimum atomic E-state index is -2.07. The summed E-state index contributed by atoms with van der Waals surface area (Å²) in [5, 5.41) is 23.5. The van der Waals surface area contributed by atoms with Crippen LogP contribution in [-0.2, 0) is 9.59 Å². The normalized spacial score (nSPS) is 14.6. The van der Waals surface area contributed by atoms with Gasteiger partial charge in [0.15, 0.2) is 5.60 Å². The van der Waals surface area contributed by atoms with E-state index in [9.17, 15) is 19.5 Å². The number of nitrogens with one attached hydrogen (secondary N) is 2. The first-order valence-corrected chi connectivity index (χ1v) is 7.65. The monoisotopic (exact) mass is 336 g/mol. The number of hydrogen-bond donors (Lipinski definition) is 4. The first-order valence-electron chi connectivity index (χ1n) is 7.65. The van der Waals surface area contributed by atoms with Crippen molar-refractivity contribution in [3.8, 4) is 0 Å². The third-order valence-corrected chi connectivity index (χ3v) is 3.58. The van der Waals surface area contributed by atoms with Crippen molar-refractivity contribution in [2.24, 2.45) is 5.92 Å². The molecule has 24 heavy (non-hydrogen) atoms. The summed E-state index contributed by atoms with van der Waals surface area (Å²) in [6.45, 7) is 6.01. The minimum absolute atomic E-state index is 0.214. The molecular weight excluding hydrogens is 312 g/mol. The second-order valence-electron chi connectivity index (χ2n) is 6.36. The second-order valence-corrected chi connectivity index (χ2v) is 6.36. The summed E-state index contributed by atoms with van der Waals surface area (Å²) in [6.07, 6.45) is 0. The van der Waals surface area contributed by atoms with Crippen molar-refractivity contribution >= 4 is 17.8 Å². The Morgan fingerprint density at radius 2 is 1.88 bits per heavy atom. The Morgan fingerprint density at radius 1 is 1.25 bits per heavy atom. The van der Waals surface area contributed by atoms with Crippen LogP contribution in [0.25, 0.3) is 0 Å². The smallest absolute Gasteiger partial charge is 0.337 e. The number of carbonyl (C=O) groups excluding carboxylic acids is 2. The Labute approximate surface area is 141 Å². The van der Waals surface area contributed by atoms with Crippen molar-refractivity contribution in [2.75, 3.05) is 6.54 Å². The average molecular weight is 336 g/mol. The van der Waals surface area contributed by atoms with E-state index in [1.54, 1.807) is 32.0 Å². The van der Waals surface area contributed by atoms with E-state index in [-0.39, 0.29) is 5.92 Å². The first-order chi connectivity index (χ1) is 11.0. The van der Waals surface area contributed by atoms with Gasteiger partial charge in [-0.3, -0.25) is 9.59 Å². The Hall–Kier alpha value is -2.41. The summed E-state index contributed by atoms with van der Waals surface area (Å²) < 4.78 is 0. The van der Waals surface area contributed by atoms with Gasteiger partial charge in [-0.1, -0.05) is 31.5 Å². The molecule has 0 saturated heterocycles. The lowest BCUT2D eigenvalue weighted by Gasteiger charge is -2.24. The number of carboxylic acid groups (broad SMARTS) is 1. The molecule has 0 aliphatic heterocycles. The summed E-state index contributed by atoms with van der Waals surface area (Å²) in [7, 11) is 0. The molecule has 132 valence electrons. The molecule has 7 heteroatoms. The fourth-order valence-electron chi connectivity index (χ4n) is 1.99. The molecule has 1 aromatic rings. The number of aryl methyl sites for hydroxylation is 1. The van der Waals surface area contributed by atoms with E-state index in [4.69, 9.17) is 5.11 Å². The Bertz CT molecular complexity index is 625. The summed E-state index contributed by atoms with van der Waals surface area (Å²) in [5.41, 5.74) is -0.714. The lowest BCUT2D eigenvalue weighted by molar-refractivity contribution is -0.156. The van der Waals surface area contributed by atoms with Crippen LogP contribution >= 0.6 is 0 Å². The van der Waals surface area contributed by atoms with E-state index in [1.165, 1.54) is 0 Å². The molecule has 0 spiro atoms. The number of aliphatic carboxylic acids is 1. The van der Waals surface area contributed by atoms with Crippen LogP contribution in [0.2, 0.25) is 0 Å². The lowest BCUT2D eigenvalue weighted by atomic mass is 10.0. The highest BCUT2D eigenvalue weighted by molar-refractivity contribution is 5.97. The summed E-state index contributed by atoms with van der Waals surface area (Å²) >= 11 is 0. The molecule has 1 rings (SSSR count). The molecule has 0 aromatic heterocycles. The van der Waals surface area contributed by atoms with E-state index in [0.717, 1.165) is 12.5 Å². The molecule has 0 heterocycles. The lowest BCUT2D eigenvalue weighted by Crippen LogP contribution is -2.54. The molecule has 2 unspecified atom stereocenters. The van der Waals surface area contributed by atoms with Gasteiger partial charge in [0.1, 0.15) is 6.04 Å². The third kappa shape index (κ3) is 5.34. The summed E-state index contributed by atoms with van der Waals surface area (Å²) in [6, 6.07) is 6.12. The van der Waals surface area contributed by atoms with Crippen LogP contribution in [0.4, 0.5) is 0 Å². The highest BCUT2D eigenvalue weighted by Crippen LogP contribution is 2.08. The molecule has 7 nitrogen and oxygen atoms in total. The molecule has 0 fully saturated rings. The predicted octanol–water partition coefficient (Wildman–Crippen LogP) is 0.701. The molecule has 0 saturated carbocycles. The van der Waals surface area contributed by atoms with E-state index >= 15 is 0 Å². The number of aliphatic hydroxyl groups is 1. The molecule has 2 atom stereocenters. The van der Waals surface area contributed by atoms with E-state index < -0.39 is 36.0 Å². The maximum Gasteiger partial charge on any atom is 0.337 e. The Kier molecular flexibility index (Phi) is 6.48. The number of rotatable bonds is 7. The van der Waals surface area contributed by atoms with E-state index in [1.807, 2.05) is 13.0 Å². The molecule has 1 aromatic carbocycles. The summed E-state index contributed by atoms with van der Waals surface area (Å²) in [5.74, 6) is -2.59. The van der Waals surface area contributed by atoms with Crippen molar-refractivity contribution in [3.63, 3.8) is 0 Å². The zero-order chi connectivity index (χ0) is 18.5. The zero-order valence-electron chi connectivity index (χ0n) is 14.3. The molecule has 0 aliphatic rings. The van der Waals surface area contributed by atoms with Crippen LogP contribution in [0, 0.1) is 12.8 Å². The predicted molar refractivity (Wildman–Crippen MR) is 88.5 cm³/mol. The molecule has 4 N–H and O–H groups in total. The van der Waals surface area contributed by atoms with Crippen molar-refractivity contribution in [2.45, 2.75) is 39.3 Å². The standard InChI is InChI=1S/C17H24N2O5/c1-10(2)13(15(21)18-9-17(4,24)16(22)23)19-14(20)12-7-5-6-11(3)8-12/h5-8,10,13,24H,9H2,1-4H3,(H,18,21)(H,19,20)(H,22,23). The molecule has 0 bridgehead atoms. The van der Waals surface area contributed by atoms with Gasteiger partial charge in [0, 0.05) is 5.56 Å². The third-order valence-electron chi connectivity index (χ3n) is 3.58. The van der Waals surface area contributed by atoms with Crippen LogP contribution in [0.1, 0.15) is 36.7 Å². The SMILES string of the molecule is Cc1cccc(C(=O)NC(C(=O)NCC(C)(O)C(=O)O)C(C)C)c1. The second kappa shape index (κ2) is 7.92. The highest BCUT2D eigenvalue weighted by atomic mass is 16.4. The van der Waals surface area contributed by atoms with Gasteiger partial charge >= 0.3 is 5.97 Å². The largest absolute Gasteiger partial charge is 0.479 e. The maximum absolute atomic E-state index is 12.3.